The zero-order chi connectivity index (χ0) is 19.9. The van der Waals surface area contributed by atoms with Crippen molar-refractivity contribution < 1.29 is 9.53 Å². The van der Waals surface area contributed by atoms with Gasteiger partial charge >= 0.3 is 0 Å². The minimum Gasteiger partial charge on any atom is -0.493 e. The van der Waals surface area contributed by atoms with Gasteiger partial charge in [0.15, 0.2) is 4.34 Å². The van der Waals surface area contributed by atoms with Crippen LogP contribution in [0.4, 0.5) is 5.13 Å². The molecule has 3 aromatic rings. The second kappa shape index (κ2) is 9.91. The van der Waals surface area contributed by atoms with Crippen LogP contribution in [0, 0.1) is 5.92 Å². The van der Waals surface area contributed by atoms with Gasteiger partial charge in [0.2, 0.25) is 5.13 Å². The maximum Gasteiger partial charge on any atom is 0.257 e. The van der Waals surface area contributed by atoms with Crippen LogP contribution in [0.5, 0.6) is 5.75 Å². The molecule has 0 atom stereocenters. The summed E-state index contributed by atoms with van der Waals surface area (Å²) >= 11 is 9.04. The summed E-state index contributed by atoms with van der Waals surface area (Å²) in [6, 6.07) is 14.8. The summed E-state index contributed by atoms with van der Waals surface area (Å²) in [6.07, 6.45) is 0. The average molecular weight is 434 g/mol. The minimum atomic E-state index is -0.228. The highest BCUT2D eigenvalue weighted by Gasteiger charge is 2.11. The van der Waals surface area contributed by atoms with E-state index in [-0.39, 0.29) is 5.91 Å². The van der Waals surface area contributed by atoms with Gasteiger partial charge in [0, 0.05) is 16.3 Å². The van der Waals surface area contributed by atoms with Gasteiger partial charge in [0.25, 0.3) is 5.91 Å². The van der Waals surface area contributed by atoms with Gasteiger partial charge in [-0.2, -0.15) is 0 Å². The topological polar surface area (TPSA) is 64.1 Å². The predicted molar refractivity (Wildman–Crippen MR) is 116 cm³/mol. The molecule has 1 amide bonds. The molecule has 0 aliphatic carbocycles. The van der Waals surface area contributed by atoms with E-state index in [0.29, 0.717) is 29.0 Å². The molecule has 0 bridgehead atoms. The van der Waals surface area contributed by atoms with Crippen LogP contribution in [0.25, 0.3) is 0 Å². The lowest BCUT2D eigenvalue weighted by atomic mass is 10.2. The Morgan fingerprint density at radius 2 is 1.93 bits per heavy atom. The van der Waals surface area contributed by atoms with E-state index in [1.807, 2.05) is 24.3 Å². The molecular formula is C20H20ClN3O2S2. The molecule has 8 heteroatoms. The van der Waals surface area contributed by atoms with E-state index >= 15 is 0 Å². The molecule has 0 saturated heterocycles. The number of amides is 1. The fourth-order valence-corrected chi connectivity index (χ4v) is 4.24. The van der Waals surface area contributed by atoms with Crippen LogP contribution in [0.15, 0.2) is 52.9 Å². The Hall–Kier alpha value is -2.09. The first-order chi connectivity index (χ1) is 13.5. The molecule has 28 heavy (non-hydrogen) atoms. The smallest absolute Gasteiger partial charge is 0.257 e. The summed E-state index contributed by atoms with van der Waals surface area (Å²) in [6.45, 7) is 4.82. The molecule has 0 fully saturated rings. The van der Waals surface area contributed by atoms with Crippen molar-refractivity contribution in [2.24, 2.45) is 5.92 Å². The lowest BCUT2D eigenvalue weighted by molar-refractivity contribution is 0.102. The Morgan fingerprint density at radius 3 is 2.64 bits per heavy atom. The van der Waals surface area contributed by atoms with Crippen molar-refractivity contribution in [2.75, 3.05) is 11.9 Å². The van der Waals surface area contributed by atoms with Gasteiger partial charge in [-0.25, -0.2) is 0 Å². The van der Waals surface area contributed by atoms with E-state index < -0.39 is 0 Å². The van der Waals surface area contributed by atoms with Gasteiger partial charge in [0.1, 0.15) is 5.75 Å². The number of carbonyl (C=O) groups is 1. The fourth-order valence-electron chi connectivity index (χ4n) is 2.21. The standard InChI is InChI=1S/C20H20ClN3O2S2/c1-13(2)11-26-16-9-7-14(8-10-16)18(25)22-19-23-24-20(28-19)27-12-15-5-3-4-6-17(15)21/h3-10,13H,11-12H2,1-2H3,(H,22,23,25). The molecule has 0 radical (unpaired) electrons. The first-order valence-corrected chi connectivity index (χ1v) is 10.9. The molecule has 0 unspecified atom stereocenters. The number of anilines is 1. The van der Waals surface area contributed by atoms with Crippen LogP contribution < -0.4 is 10.1 Å². The van der Waals surface area contributed by atoms with Crippen molar-refractivity contribution in [2.45, 2.75) is 23.9 Å². The van der Waals surface area contributed by atoms with Crippen molar-refractivity contribution in [3.05, 3.63) is 64.7 Å². The Labute approximate surface area is 177 Å². The lowest BCUT2D eigenvalue weighted by Gasteiger charge is -2.09. The number of aromatic nitrogens is 2. The molecule has 1 N–H and O–H groups in total. The molecule has 0 saturated carbocycles. The Bertz CT molecular complexity index is 929. The third-order valence-electron chi connectivity index (χ3n) is 3.64. The summed E-state index contributed by atoms with van der Waals surface area (Å²) < 4.78 is 6.40. The van der Waals surface area contributed by atoms with Crippen LogP contribution >= 0.6 is 34.7 Å². The number of halogens is 1. The second-order valence-corrected chi connectivity index (χ2v) is 9.04. The van der Waals surface area contributed by atoms with Gasteiger partial charge < -0.3 is 4.74 Å². The van der Waals surface area contributed by atoms with Crippen LogP contribution in [0.1, 0.15) is 29.8 Å². The van der Waals surface area contributed by atoms with E-state index in [9.17, 15) is 4.79 Å². The van der Waals surface area contributed by atoms with Crippen LogP contribution in [-0.2, 0) is 5.75 Å². The number of hydrogen-bond donors (Lipinski definition) is 1. The molecule has 146 valence electrons. The number of thioether (sulfide) groups is 1. The quantitative estimate of drug-likeness (QED) is 0.360. The summed E-state index contributed by atoms with van der Waals surface area (Å²) in [5, 5.41) is 12.1. The molecule has 1 heterocycles. The third kappa shape index (κ3) is 5.95. The van der Waals surface area contributed by atoms with E-state index in [2.05, 4.69) is 29.4 Å². The zero-order valence-corrected chi connectivity index (χ0v) is 17.9. The number of ether oxygens (including phenoxy) is 1. The Morgan fingerprint density at radius 1 is 1.18 bits per heavy atom. The fraction of sp³-hybridized carbons (Fsp3) is 0.250. The van der Waals surface area contributed by atoms with E-state index in [1.54, 1.807) is 24.3 Å². The number of hydrogen-bond acceptors (Lipinski definition) is 6. The van der Waals surface area contributed by atoms with Crippen molar-refractivity contribution in [1.29, 1.82) is 0 Å². The third-order valence-corrected chi connectivity index (χ3v) is 6.03. The molecule has 0 aliphatic heterocycles. The van der Waals surface area contributed by atoms with E-state index in [1.165, 1.54) is 23.1 Å². The van der Waals surface area contributed by atoms with Gasteiger partial charge in [-0.1, -0.05) is 66.7 Å². The highest BCUT2D eigenvalue weighted by molar-refractivity contribution is 8.00. The maximum absolute atomic E-state index is 12.4. The van der Waals surface area contributed by atoms with Crippen LogP contribution in [-0.4, -0.2) is 22.7 Å². The van der Waals surface area contributed by atoms with Crippen LogP contribution in [0.2, 0.25) is 5.02 Å². The van der Waals surface area contributed by atoms with Gasteiger partial charge in [-0.15, -0.1) is 10.2 Å². The molecule has 5 nitrogen and oxygen atoms in total. The Kier molecular flexibility index (Phi) is 7.30. The SMILES string of the molecule is CC(C)COc1ccc(C(=O)Nc2nnc(SCc3ccccc3Cl)s2)cc1. The van der Waals surface area contributed by atoms with Gasteiger partial charge in [0.05, 0.1) is 6.61 Å². The van der Waals surface area contributed by atoms with Crippen molar-refractivity contribution in [3.8, 4) is 5.75 Å². The summed E-state index contributed by atoms with van der Waals surface area (Å²) in [5.41, 5.74) is 1.58. The van der Waals surface area contributed by atoms with Crippen LogP contribution in [0.3, 0.4) is 0 Å². The zero-order valence-electron chi connectivity index (χ0n) is 15.5. The summed E-state index contributed by atoms with van der Waals surface area (Å²) in [5.74, 6) is 1.67. The van der Waals surface area contributed by atoms with Gasteiger partial charge in [-0.05, 0) is 41.8 Å². The van der Waals surface area contributed by atoms with E-state index in [4.69, 9.17) is 16.3 Å². The van der Waals surface area contributed by atoms with Crippen molar-refractivity contribution >= 4 is 45.7 Å². The predicted octanol–water partition coefficient (Wildman–Crippen LogP) is 5.77. The summed E-state index contributed by atoms with van der Waals surface area (Å²) in [4.78, 5) is 12.4. The largest absolute Gasteiger partial charge is 0.493 e. The molecule has 0 spiro atoms. The number of nitrogens with one attached hydrogen (secondary N) is 1. The molecule has 2 aromatic carbocycles. The average Bonchev–Trinajstić information content (AvgIpc) is 3.13. The normalized spacial score (nSPS) is 10.9. The summed E-state index contributed by atoms with van der Waals surface area (Å²) in [7, 11) is 0. The van der Waals surface area contributed by atoms with Gasteiger partial charge in [-0.3, -0.25) is 10.1 Å². The number of rotatable bonds is 8. The second-order valence-electron chi connectivity index (χ2n) is 6.44. The molecule has 3 rings (SSSR count). The minimum absolute atomic E-state index is 0.228. The first-order valence-electron chi connectivity index (χ1n) is 8.75. The number of benzene rings is 2. The maximum atomic E-state index is 12.4. The number of carbonyl (C=O) groups excluding carboxylic acids is 1. The first kappa shape index (κ1) is 20.6. The van der Waals surface area contributed by atoms with Crippen molar-refractivity contribution in [3.63, 3.8) is 0 Å². The highest BCUT2D eigenvalue weighted by Crippen LogP contribution is 2.30. The lowest BCUT2D eigenvalue weighted by Crippen LogP contribution is -2.11. The van der Waals surface area contributed by atoms with E-state index in [0.717, 1.165) is 20.7 Å². The molecule has 0 aliphatic rings. The monoisotopic (exact) mass is 433 g/mol. The van der Waals surface area contributed by atoms with Crippen molar-refractivity contribution in [1.82, 2.24) is 10.2 Å². The number of nitrogens with zero attached hydrogens (tertiary/aromatic N) is 2. The molecule has 1 aromatic heterocycles. The highest BCUT2D eigenvalue weighted by atomic mass is 35.5. The molecular weight excluding hydrogens is 414 g/mol. The Balaban J connectivity index is 1.54.